The highest BCUT2D eigenvalue weighted by molar-refractivity contribution is 5.85. The van der Waals surface area contributed by atoms with E-state index in [0.717, 1.165) is 16.8 Å². The second-order valence-corrected chi connectivity index (χ2v) is 4.14. The summed E-state index contributed by atoms with van der Waals surface area (Å²) in [6.07, 6.45) is 1.50. The number of para-hydroxylation sites is 1. The van der Waals surface area contributed by atoms with Gasteiger partial charge in [-0.1, -0.05) is 12.1 Å². The third kappa shape index (κ3) is 2.06. The number of nitrogens with zero attached hydrogens (tertiary/aromatic N) is 3. The Balaban J connectivity index is 1.93. The van der Waals surface area contributed by atoms with Gasteiger partial charge in [0.2, 0.25) is 0 Å². The number of nitrogens with two attached hydrogens (primary N) is 1. The molecule has 0 aliphatic rings. The van der Waals surface area contributed by atoms with E-state index in [2.05, 4.69) is 10.1 Å². The van der Waals surface area contributed by atoms with Crippen molar-refractivity contribution in [2.24, 2.45) is 12.8 Å². The highest BCUT2D eigenvalue weighted by Crippen LogP contribution is 2.33. The van der Waals surface area contributed by atoms with Crippen molar-refractivity contribution in [2.75, 3.05) is 0 Å². The van der Waals surface area contributed by atoms with Crippen LogP contribution >= 0.6 is 0 Å². The summed E-state index contributed by atoms with van der Waals surface area (Å²) in [5, 5.41) is 4.92. The predicted molar refractivity (Wildman–Crippen MR) is 69.4 cm³/mol. The van der Waals surface area contributed by atoms with Gasteiger partial charge in [-0.15, -0.1) is 0 Å². The van der Waals surface area contributed by atoms with Gasteiger partial charge < -0.3 is 14.9 Å². The van der Waals surface area contributed by atoms with Crippen molar-refractivity contribution in [1.82, 2.24) is 14.8 Å². The molecule has 0 bridgehead atoms. The number of hydrogen-bond acceptors (Lipinski definition) is 5. The molecule has 3 aromatic rings. The minimum absolute atomic E-state index is 0.294. The number of aromatic nitrogens is 3. The van der Waals surface area contributed by atoms with Gasteiger partial charge in [-0.2, -0.15) is 5.10 Å². The molecule has 0 aliphatic carbocycles. The van der Waals surface area contributed by atoms with E-state index in [9.17, 15) is 0 Å². The molecule has 0 spiro atoms. The quantitative estimate of drug-likeness (QED) is 0.769. The Kier molecular flexibility index (Phi) is 2.92. The van der Waals surface area contributed by atoms with E-state index in [0.29, 0.717) is 24.7 Å². The Morgan fingerprint density at radius 1 is 1.37 bits per heavy atom. The monoisotopic (exact) mass is 258 g/mol. The second-order valence-electron chi connectivity index (χ2n) is 4.14. The molecule has 0 saturated carbocycles. The molecule has 0 unspecified atom stereocenters. The molecule has 0 fully saturated rings. The van der Waals surface area contributed by atoms with Crippen molar-refractivity contribution in [3.63, 3.8) is 0 Å². The van der Waals surface area contributed by atoms with Gasteiger partial charge in [-0.05, 0) is 12.1 Å². The maximum absolute atomic E-state index is 5.81. The first kappa shape index (κ1) is 11.7. The third-order valence-corrected chi connectivity index (χ3v) is 2.95. The summed E-state index contributed by atoms with van der Waals surface area (Å²) in [6, 6.07) is 7.69. The SMILES string of the molecule is Cn1ncnc1COc1c(CN)oc2ccccc12. The Morgan fingerprint density at radius 2 is 2.21 bits per heavy atom. The highest BCUT2D eigenvalue weighted by Gasteiger charge is 2.14. The zero-order chi connectivity index (χ0) is 13.2. The van der Waals surface area contributed by atoms with Crippen molar-refractivity contribution in [3.8, 4) is 5.75 Å². The number of rotatable bonds is 4. The summed E-state index contributed by atoms with van der Waals surface area (Å²) in [7, 11) is 1.82. The Hall–Kier alpha value is -2.34. The first-order valence-corrected chi connectivity index (χ1v) is 5.95. The lowest BCUT2D eigenvalue weighted by atomic mass is 10.2. The molecule has 2 aromatic heterocycles. The minimum Gasteiger partial charge on any atom is -0.481 e. The van der Waals surface area contributed by atoms with Gasteiger partial charge in [0, 0.05) is 7.05 Å². The van der Waals surface area contributed by atoms with Gasteiger partial charge in [0.15, 0.2) is 17.3 Å². The maximum atomic E-state index is 5.81. The number of fused-ring (bicyclic) bond motifs is 1. The molecule has 0 radical (unpaired) electrons. The summed E-state index contributed by atoms with van der Waals surface area (Å²) >= 11 is 0. The smallest absolute Gasteiger partial charge is 0.170 e. The molecule has 6 heteroatoms. The van der Waals surface area contributed by atoms with Crippen molar-refractivity contribution in [1.29, 1.82) is 0 Å². The number of aryl methyl sites for hydroxylation is 1. The molecule has 3 rings (SSSR count). The van der Waals surface area contributed by atoms with Crippen LogP contribution in [-0.2, 0) is 20.2 Å². The summed E-state index contributed by atoms with van der Waals surface area (Å²) in [6.45, 7) is 0.621. The number of furan rings is 1. The van der Waals surface area contributed by atoms with E-state index in [-0.39, 0.29) is 0 Å². The van der Waals surface area contributed by atoms with E-state index >= 15 is 0 Å². The fourth-order valence-electron chi connectivity index (χ4n) is 1.95. The van der Waals surface area contributed by atoms with E-state index in [1.165, 1.54) is 6.33 Å². The average molecular weight is 258 g/mol. The van der Waals surface area contributed by atoms with E-state index in [1.807, 2.05) is 31.3 Å². The lowest BCUT2D eigenvalue weighted by molar-refractivity contribution is 0.284. The minimum atomic E-state index is 0.294. The average Bonchev–Trinajstić information content (AvgIpc) is 2.99. The normalized spacial score (nSPS) is 11.1. The van der Waals surface area contributed by atoms with Gasteiger partial charge >= 0.3 is 0 Å². The maximum Gasteiger partial charge on any atom is 0.170 e. The van der Waals surface area contributed by atoms with Crippen LogP contribution in [0.3, 0.4) is 0 Å². The van der Waals surface area contributed by atoms with Gasteiger partial charge in [-0.3, -0.25) is 4.68 Å². The topological polar surface area (TPSA) is 79.1 Å². The first-order valence-electron chi connectivity index (χ1n) is 5.95. The van der Waals surface area contributed by atoms with Crippen LogP contribution in [-0.4, -0.2) is 14.8 Å². The molecule has 0 atom stereocenters. The lowest BCUT2D eigenvalue weighted by Gasteiger charge is -2.05. The van der Waals surface area contributed by atoms with E-state index in [4.69, 9.17) is 14.9 Å². The van der Waals surface area contributed by atoms with Crippen LogP contribution in [0.25, 0.3) is 11.0 Å². The first-order chi connectivity index (χ1) is 9.29. The molecular weight excluding hydrogens is 244 g/mol. The molecule has 0 aliphatic heterocycles. The molecule has 2 heterocycles. The van der Waals surface area contributed by atoms with Gasteiger partial charge in [0.05, 0.1) is 11.9 Å². The number of ether oxygens (including phenoxy) is 1. The van der Waals surface area contributed by atoms with Gasteiger partial charge in [0.25, 0.3) is 0 Å². The van der Waals surface area contributed by atoms with Crippen LogP contribution < -0.4 is 10.5 Å². The standard InChI is InChI=1S/C13H14N4O2/c1-17-12(15-8-16-17)7-18-13-9-4-2-3-5-10(9)19-11(13)6-14/h2-5,8H,6-7,14H2,1H3. The summed E-state index contributed by atoms with van der Waals surface area (Å²) in [5.74, 6) is 2.07. The Labute approximate surface area is 109 Å². The van der Waals surface area contributed by atoms with Crippen molar-refractivity contribution >= 4 is 11.0 Å². The summed E-state index contributed by atoms with van der Waals surface area (Å²) in [5.41, 5.74) is 6.46. The van der Waals surface area contributed by atoms with Crippen LogP contribution in [0.1, 0.15) is 11.6 Å². The number of benzene rings is 1. The molecule has 19 heavy (non-hydrogen) atoms. The van der Waals surface area contributed by atoms with Crippen LogP contribution in [0.15, 0.2) is 35.0 Å². The van der Waals surface area contributed by atoms with Crippen molar-refractivity contribution < 1.29 is 9.15 Å². The third-order valence-electron chi connectivity index (χ3n) is 2.95. The second kappa shape index (κ2) is 4.74. The summed E-state index contributed by atoms with van der Waals surface area (Å²) in [4.78, 5) is 4.12. The number of hydrogen-bond donors (Lipinski definition) is 1. The van der Waals surface area contributed by atoms with Crippen LogP contribution in [0.5, 0.6) is 5.75 Å². The molecule has 0 saturated heterocycles. The Morgan fingerprint density at radius 3 is 2.95 bits per heavy atom. The van der Waals surface area contributed by atoms with Crippen LogP contribution in [0, 0.1) is 0 Å². The van der Waals surface area contributed by atoms with Gasteiger partial charge in [-0.25, -0.2) is 4.98 Å². The van der Waals surface area contributed by atoms with E-state index < -0.39 is 0 Å². The zero-order valence-electron chi connectivity index (χ0n) is 10.5. The summed E-state index contributed by atoms with van der Waals surface area (Å²) < 4.78 is 13.1. The van der Waals surface area contributed by atoms with Crippen molar-refractivity contribution in [2.45, 2.75) is 13.2 Å². The molecule has 6 nitrogen and oxygen atoms in total. The largest absolute Gasteiger partial charge is 0.481 e. The molecule has 2 N–H and O–H groups in total. The van der Waals surface area contributed by atoms with E-state index in [1.54, 1.807) is 4.68 Å². The fourth-order valence-corrected chi connectivity index (χ4v) is 1.95. The molecule has 0 amide bonds. The molecule has 1 aromatic carbocycles. The van der Waals surface area contributed by atoms with Crippen molar-refractivity contribution in [3.05, 3.63) is 42.2 Å². The van der Waals surface area contributed by atoms with Gasteiger partial charge in [0.1, 0.15) is 18.5 Å². The zero-order valence-corrected chi connectivity index (χ0v) is 10.5. The lowest BCUT2D eigenvalue weighted by Crippen LogP contribution is -2.06. The predicted octanol–water partition coefficient (Wildman–Crippen LogP) is 1.60. The Bertz CT molecular complexity index is 702. The molecule has 98 valence electrons. The van der Waals surface area contributed by atoms with Crippen LogP contribution in [0.4, 0.5) is 0 Å². The molecular formula is C13H14N4O2. The fraction of sp³-hybridized carbons (Fsp3) is 0.231. The van der Waals surface area contributed by atoms with Crippen LogP contribution in [0.2, 0.25) is 0 Å². The highest BCUT2D eigenvalue weighted by atomic mass is 16.5.